The van der Waals surface area contributed by atoms with E-state index in [1.165, 1.54) is 16.7 Å². The molecule has 1 heterocycles. The van der Waals surface area contributed by atoms with E-state index in [-0.39, 0.29) is 5.91 Å². The molecule has 0 aliphatic carbocycles. The molecular formula is C17H17N2O4S2-. The average molecular weight is 377 g/mol. The normalized spacial score (nSPS) is 17.0. The maximum atomic E-state index is 12.1. The maximum Gasteiger partial charge on any atom is 0.265 e. The summed E-state index contributed by atoms with van der Waals surface area (Å²) in [4.78, 5) is 37.0. The van der Waals surface area contributed by atoms with Gasteiger partial charge >= 0.3 is 0 Å². The van der Waals surface area contributed by atoms with Crippen LogP contribution >= 0.6 is 24.0 Å². The number of amides is 2. The van der Waals surface area contributed by atoms with Crippen LogP contribution in [0.15, 0.2) is 29.2 Å². The number of carbonyl (C=O) groups excluding carboxylic acids is 3. The van der Waals surface area contributed by atoms with Crippen molar-refractivity contribution in [1.29, 1.82) is 0 Å². The third kappa shape index (κ3) is 4.67. The minimum Gasteiger partial charge on any atom is -0.548 e. The molecule has 2 rings (SSSR count). The molecule has 1 fully saturated rings. The minimum absolute atomic E-state index is 0.159. The Balaban J connectivity index is 2.09. The van der Waals surface area contributed by atoms with E-state index in [1.807, 2.05) is 6.92 Å². The van der Waals surface area contributed by atoms with Crippen LogP contribution in [0.1, 0.15) is 35.7 Å². The highest BCUT2D eigenvalue weighted by molar-refractivity contribution is 8.26. The largest absolute Gasteiger partial charge is 0.548 e. The predicted octanol–water partition coefficient (Wildman–Crippen LogP) is 1.17. The molecule has 1 N–H and O–H groups in total. The van der Waals surface area contributed by atoms with Gasteiger partial charge in [-0.1, -0.05) is 49.5 Å². The second-order valence-corrected chi connectivity index (χ2v) is 7.17. The fraction of sp³-hybridized carbons (Fsp3) is 0.294. The highest BCUT2D eigenvalue weighted by Gasteiger charge is 2.28. The number of likely N-dealkylation sites (N-methyl/N-ethyl adjacent to an activating group) is 1. The molecule has 0 unspecified atom stereocenters. The van der Waals surface area contributed by atoms with Crippen molar-refractivity contribution < 1.29 is 19.5 Å². The molecule has 2 amide bonds. The molecule has 1 aliphatic heterocycles. The first-order valence-corrected chi connectivity index (χ1v) is 8.89. The summed E-state index contributed by atoms with van der Waals surface area (Å²) in [7, 11) is 1.62. The zero-order valence-corrected chi connectivity index (χ0v) is 15.4. The smallest absolute Gasteiger partial charge is 0.265 e. The first kappa shape index (κ1) is 19.1. The van der Waals surface area contributed by atoms with Gasteiger partial charge in [-0.15, -0.1) is 0 Å². The van der Waals surface area contributed by atoms with Gasteiger partial charge in [-0.05, 0) is 30.2 Å². The Labute approximate surface area is 155 Å². The number of carboxylic acids is 1. The maximum absolute atomic E-state index is 12.1. The number of carbonyl (C=O) groups is 3. The van der Waals surface area contributed by atoms with Crippen molar-refractivity contribution in [2.24, 2.45) is 0 Å². The van der Waals surface area contributed by atoms with Crippen molar-refractivity contribution in [3.8, 4) is 0 Å². The number of nitrogens with one attached hydrogen (secondary N) is 1. The van der Waals surface area contributed by atoms with Crippen molar-refractivity contribution >= 4 is 52.2 Å². The van der Waals surface area contributed by atoms with E-state index in [0.29, 0.717) is 27.6 Å². The van der Waals surface area contributed by atoms with Crippen LogP contribution in [-0.2, 0) is 9.59 Å². The molecule has 0 spiro atoms. The van der Waals surface area contributed by atoms with E-state index in [0.717, 1.165) is 5.56 Å². The third-order valence-electron chi connectivity index (χ3n) is 3.62. The standard InChI is InChI=1S/C17H18N2O4S2/c1-3-4-12(16(22)23)18-14(20)11-7-5-10(6-8-11)9-13-15(21)19(2)17(24)25-13/h5-9,12H,3-4H2,1-2H3,(H,18,20)(H,22,23)/p-1/b13-9+/t12-/m0/s1. The van der Waals surface area contributed by atoms with E-state index in [4.69, 9.17) is 12.2 Å². The molecule has 1 saturated heterocycles. The van der Waals surface area contributed by atoms with Gasteiger partial charge in [-0.3, -0.25) is 14.5 Å². The Bertz CT molecular complexity index is 744. The summed E-state index contributed by atoms with van der Waals surface area (Å²) in [5.74, 6) is -1.93. The molecule has 0 radical (unpaired) electrons. The van der Waals surface area contributed by atoms with E-state index in [9.17, 15) is 19.5 Å². The number of thiocarbonyl (C=S) groups is 1. The lowest BCUT2D eigenvalue weighted by Gasteiger charge is -2.18. The molecule has 1 aromatic rings. The molecule has 0 aromatic heterocycles. The lowest BCUT2D eigenvalue weighted by atomic mass is 10.1. The van der Waals surface area contributed by atoms with Crippen LogP contribution in [0.3, 0.4) is 0 Å². The van der Waals surface area contributed by atoms with E-state index in [1.54, 1.807) is 37.4 Å². The number of carboxylic acid groups (broad SMARTS) is 1. The van der Waals surface area contributed by atoms with Gasteiger partial charge in [0.05, 0.1) is 16.9 Å². The first-order valence-electron chi connectivity index (χ1n) is 7.66. The molecule has 25 heavy (non-hydrogen) atoms. The Morgan fingerprint density at radius 1 is 1.36 bits per heavy atom. The SMILES string of the molecule is CCC[C@H](NC(=O)c1ccc(/C=C2/SC(=S)N(C)C2=O)cc1)C(=O)[O-]. The van der Waals surface area contributed by atoms with Gasteiger partial charge in [0, 0.05) is 12.6 Å². The molecule has 1 aromatic carbocycles. The van der Waals surface area contributed by atoms with Crippen molar-refractivity contribution in [2.75, 3.05) is 7.05 Å². The lowest BCUT2D eigenvalue weighted by molar-refractivity contribution is -0.308. The third-order valence-corrected chi connectivity index (χ3v) is 5.11. The molecule has 0 saturated carbocycles. The number of benzene rings is 1. The average Bonchev–Trinajstić information content (AvgIpc) is 2.82. The zero-order valence-electron chi connectivity index (χ0n) is 13.8. The topological polar surface area (TPSA) is 89.5 Å². The van der Waals surface area contributed by atoms with Crippen LogP contribution in [0.5, 0.6) is 0 Å². The van der Waals surface area contributed by atoms with Gasteiger partial charge in [0.15, 0.2) is 0 Å². The number of hydrogen-bond acceptors (Lipinski definition) is 6. The van der Waals surface area contributed by atoms with E-state index in [2.05, 4.69) is 5.32 Å². The van der Waals surface area contributed by atoms with Crippen LogP contribution < -0.4 is 10.4 Å². The van der Waals surface area contributed by atoms with Crippen molar-refractivity contribution in [3.63, 3.8) is 0 Å². The van der Waals surface area contributed by atoms with Gasteiger partial charge in [-0.25, -0.2) is 0 Å². The second kappa shape index (κ2) is 8.26. The van der Waals surface area contributed by atoms with Gasteiger partial charge in [0.2, 0.25) is 0 Å². The Morgan fingerprint density at radius 2 is 2.00 bits per heavy atom. The summed E-state index contributed by atoms with van der Waals surface area (Å²) in [6.07, 6.45) is 2.63. The molecule has 132 valence electrons. The number of nitrogens with zero attached hydrogens (tertiary/aromatic N) is 1. The molecular weight excluding hydrogens is 360 g/mol. The van der Waals surface area contributed by atoms with Crippen LogP contribution in [0.25, 0.3) is 6.08 Å². The molecule has 0 bridgehead atoms. The van der Waals surface area contributed by atoms with E-state index >= 15 is 0 Å². The van der Waals surface area contributed by atoms with Crippen molar-refractivity contribution in [3.05, 3.63) is 40.3 Å². The second-order valence-electron chi connectivity index (χ2n) is 5.50. The van der Waals surface area contributed by atoms with Crippen LogP contribution in [0.4, 0.5) is 0 Å². The number of aliphatic carboxylic acids is 1. The predicted molar refractivity (Wildman–Crippen MR) is 98.5 cm³/mol. The monoisotopic (exact) mass is 377 g/mol. The fourth-order valence-electron chi connectivity index (χ4n) is 2.21. The highest BCUT2D eigenvalue weighted by atomic mass is 32.2. The van der Waals surface area contributed by atoms with Crippen LogP contribution in [0, 0.1) is 0 Å². The van der Waals surface area contributed by atoms with Crippen molar-refractivity contribution in [1.82, 2.24) is 10.2 Å². The first-order chi connectivity index (χ1) is 11.8. The van der Waals surface area contributed by atoms with E-state index < -0.39 is 17.9 Å². The molecule has 1 aliphatic rings. The summed E-state index contributed by atoms with van der Waals surface area (Å²) in [5, 5.41) is 13.5. The van der Waals surface area contributed by atoms with Crippen LogP contribution in [-0.4, -0.2) is 40.1 Å². The Kier molecular flexibility index (Phi) is 6.33. The van der Waals surface area contributed by atoms with Crippen LogP contribution in [0.2, 0.25) is 0 Å². The van der Waals surface area contributed by atoms with Gasteiger partial charge in [0.1, 0.15) is 4.32 Å². The number of rotatable bonds is 6. The molecule has 8 heteroatoms. The zero-order chi connectivity index (χ0) is 18.6. The highest BCUT2D eigenvalue weighted by Crippen LogP contribution is 2.31. The minimum atomic E-state index is -1.30. The molecule has 6 nitrogen and oxygen atoms in total. The summed E-state index contributed by atoms with van der Waals surface area (Å²) in [5.41, 5.74) is 1.08. The summed E-state index contributed by atoms with van der Waals surface area (Å²) < 4.78 is 0.497. The summed E-state index contributed by atoms with van der Waals surface area (Å²) in [6, 6.07) is 5.51. The quantitative estimate of drug-likeness (QED) is 0.591. The fourth-order valence-corrected chi connectivity index (χ4v) is 3.39. The van der Waals surface area contributed by atoms with Gasteiger partial charge in [0.25, 0.3) is 11.8 Å². The Morgan fingerprint density at radius 3 is 2.48 bits per heavy atom. The van der Waals surface area contributed by atoms with Gasteiger partial charge < -0.3 is 15.2 Å². The number of thioether (sulfide) groups is 1. The number of hydrogen-bond donors (Lipinski definition) is 1. The lowest BCUT2D eigenvalue weighted by Crippen LogP contribution is -2.47. The van der Waals surface area contributed by atoms with Crippen molar-refractivity contribution in [2.45, 2.75) is 25.8 Å². The Hall–Kier alpha value is -2.19. The molecule has 1 atom stereocenters. The summed E-state index contributed by atoms with van der Waals surface area (Å²) in [6.45, 7) is 1.83. The van der Waals surface area contributed by atoms with Gasteiger partial charge in [-0.2, -0.15) is 0 Å². The summed E-state index contributed by atoms with van der Waals surface area (Å²) >= 11 is 6.29.